The van der Waals surface area contributed by atoms with Gasteiger partial charge in [-0.3, -0.25) is 9.59 Å². The van der Waals surface area contributed by atoms with E-state index < -0.39 is 49.5 Å². The molecule has 1 aliphatic heterocycles. The minimum Gasteiger partial charge on any atom is -0.466 e. The molecule has 1 amide bonds. The lowest BCUT2D eigenvalue weighted by atomic mass is 9.99. The van der Waals surface area contributed by atoms with Crippen molar-refractivity contribution < 1.29 is 49.3 Å². The van der Waals surface area contributed by atoms with Crippen LogP contribution in [0.15, 0.2) is 72.9 Å². The minimum atomic E-state index is -1.60. The zero-order valence-electron chi connectivity index (χ0n) is 38.5. The monoisotopic (exact) mass is 874 g/mol. The van der Waals surface area contributed by atoms with Gasteiger partial charge in [0.25, 0.3) is 0 Å². The molecule has 0 aromatic rings. The summed E-state index contributed by atoms with van der Waals surface area (Å²) in [6.45, 7) is 3.93. The molecule has 11 heteroatoms. The standard InChI is InChI=1S/C51H87NO10/c1-3-5-7-9-11-13-14-19-23-27-31-35-39-47(56)60-40-36-32-28-24-20-17-15-16-18-22-26-30-34-38-46(55)52-43(44(54)37-33-29-25-21-12-10-8-6-4-2)42-61-51-50(59)49(58)48(57)45(41-53)62-51/h4,6,11-13,16,18,21,26,30,33,37,43-45,48-51,53-54,57-59H,3,5,7-10,14-15,17,19-20,22-25,27-29,31-32,34-36,38-42H2,1-2H3,(H,52,55)/b6-4+,13-11-,18-16-,21-12+,30-26-,37-33+. The Balaban J connectivity index is 2.23. The number of hydrogen-bond donors (Lipinski definition) is 6. The fraction of sp³-hybridized carbons (Fsp3) is 0.725. The van der Waals surface area contributed by atoms with Gasteiger partial charge < -0.3 is 45.1 Å². The predicted octanol–water partition coefficient (Wildman–Crippen LogP) is 9.32. The maximum Gasteiger partial charge on any atom is 0.305 e. The number of allylic oxidation sites excluding steroid dienone is 11. The van der Waals surface area contributed by atoms with Crippen molar-refractivity contribution in [3.05, 3.63) is 72.9 Å². The first kappa shape index (κ1) is 57.1. The Labute approximate surface area is 375 Å². The summed E-state index contributed by atoms with van der Waals surface area (Å²) < 4.78 is 16.5. The molecule has 1 saturated heterocycles. The molecule has 1 aliphatic rings. The van der Waals surface area contributed by atoms with Gasteiger partial charge in [0.15, 0.2) is 6.29 Å². The van der Waals surface area contributed by atoms with Crippen molar-refractivity contribution >= 4 is 11.9 Å². The molecule has 1 rings (SSSR count). The fourth-order valence-corrected chi connectivity index (χ4v) is 6.93. The van der Waals surface area contributed by atoms with E-state index in [9.17, 15) is 35.1 Å². The van der Waals surface area contributed by atoms with Crippen LogP contribution in [0, 0.1) is 0 Å². The van der Waals surface area contributed by atoms with Crippen molar-refractivity contribution in [3.63, 3.8) is 0 Å². The van der Waals surface area contributed by atoms with E-state index in [-0.39, 0.29) is 24.9 Å². The fourth-order valence-electron chi connectivity index (χ4n) is 6.93. The lowest BCUT2D eigenvalue weighted by molar-refractivity contribution is -0.302. The highest BCUT2D eigenvalue weighted by Gasteiger charge is 2.44. The summed E-state index contributed by atoms with van der Waals surface area (Å²) in [5.74, 6) is -0.337. The number of esters is 1. The van der Waals surface area contributed by atoms with Gasteiger partial charge in [0.1, 0.15) is 24.4 Å². The highest BCUT2D eigenvalue weighted by Crippen LogP contribution is 2.22. The molecule has 6 N–H and O–H groups in total. The Hall–Kier alpha value is -2.90. The molecule has 11 nitrogen and oxygen atoms in total. The molecular weight excluding hydrogens is 787 g/mol. The summed E-state index contributed by atoms with van der Waals surface area (Å²) in [6, 6.07) is -0.878. The molecule has 0 aliphatic carbocycles. The number of nitrogens with one attached hydrogen (secondary N) is 1. The molecule has 62 heavy (non-hydrogen) atoms. The first-order valence-electron chi connectivity index (χ1n) is 24.2. The largest absolute Gasteiger partial charge is 0.466 e. The van der Waals surface area contributed by atoms with Crippen molar-refractivity contribution in [1.82, 2.24) is 5.32 Å². The van der Waals surface area contributed by atoms with Gasteiger partial charge in [-0.2, -0.15) is 0 Å². The second-order valence-electron chi connectivity index (χ2n) is 16.4. The molecule has 356 valence electrons. The third-order valence-corrected chi connectivity index (χ3v) is 10.8. The number of unbranched alkanes of at least 4 members (excludes halogenated alkanes) is 16. The van der Waals surface area contributed by atoms with Crippen LogP contribution in [0.25, 0.3) is 0 Å². The van der Waals surface area contributed by atoms with Crippen LogP contribution in [0.4, 0.5) is 0 Å². The third-order valence-electron chi connectivity index (χ3n) is 10.8. The molecular formula is C51H87NO10. The summed E-state index contributed by atoms with van der Waals surface area (Å²) >= 11 is 0. The van der Waals surface area contributed by atoms with Crippen LogP contribution in [0.2, 0.25) is 0 Å². The van der Waals surface area contributed by atoms with Gasteiger partial charge in [-0.05, 0) is 96.8 Å². The van der Waals surface area contributed by atoms with E-state index in [1.165, 1.54) is 64.2 Å². The van der Waals surface area contributed by atoms with Gasteiger partial charge in [-0.15, -0.1) is 0 Å². The zero-order valence-corrected chi connectivity index (χ0v) is 38.5. The second kappa shape index (κ2) is 40.8. The van der Waals surface area contributed by atoms with E-state index in [0.29, 0.717) is 25.9 Å². The first-order chi connectivity index (χ1) is 30.2. The first-order valence-corrected chi connectivity index (χ1v) is 24.2. The van der Waals surface area contributed by atoms with Crippen molar-refractivity contribution in [3.8, 4) is 0 Å². The van der Waals surface area contributed by atoms with Crippen LogP contribution in [-0.4, -0.2) is 100 Å². The van der Waals surface area contributed by atoms with Gasteiger partial charge in [-0.25, -0.2) is 0 Å². The minimum absolute atomic E-state index is 0.0533. The number of carbonyl (C=O) groups is 2. The van der Waals surface area contributed by atoms with Crippen LogP contribution >= 0.6 is 0 Å². The smallest absolute Gasteiger partial charge is 0.305 e. The second-order valence-corrected chi connectivity index (χ2v) is 16.4. The SMILES string of the molecule is C/C=C/CC/C=C/CC/C=C/C(O)C(COC1OC(CO)C(O)C(O)C1O)NC(=O)CC/C=C\C/C=C\CCCCCCCCOC(=O)CCCCCCC/C=C\CCCCC. The van der Waals surface area contributed by atoms with Gasteiger partial charge >= 0.3 is 5.97 Å². The summed E-state index contributed by atoms with van der Waals surface area (Å²) in [5, 5.41) is 53.9. The molecule has 0 radical (unpaired) electrons. The highest BCUT2D eigenvalue weighted by atomic mass is 16.7. The molecule has 1 fully saturated rings. The molecule has 7 unspecified atom stereocenters. The maximum atomic E-state index is 12.9. The average Bonchev–Trinajstić information content (AvgIpc) is 3.27. The van der Waals surface area contributed by atoms with Gasteiger partial charge in [-0.1, -0.05) is 138 Å². The zero-order chi connectivity index (χ0) is 45.3. The topological polar surface area (TPSA) is 175 Å². The number of amides is 1. The van der Waals surface area contributed by atoms with Crippen LogP contribution in [0.5, 0.6) is 0 Å². The van der Waals surface area contributed by atoms with Crippen molar-refractivity contribution in [2.75, 3.05) is 19.8 Å². The summed E-state index contributed by atoms with van der Waals surface area (Å²) in [4.78, 5) is 24.9. The van der Waals surface area contributed by atoms with E-state index in [0.717, 1.165) is 70.6 Å². The Morgan fingerprint density at radius 1 is 0.629 bits per heavy atom. The third kappa shape index (κ3) is 31.0. The molecule has 7 atom stereocenters. The normalized spacial score (nSPS) is 20.8. The number of aliphatic hydroxyl groups is 5. The van der Waals surface area contributed by atoms with Crippen molar-refractivity contribution in [2.24, 2.45) is 0 Å². The number of ether oxygens (including phenoxy) is 3. The van der Waals surface area contributed by atoms with Crippen LogP contribution in [-0.2, 0) is 23.8 Å². The molecule has 0 saturated carbocycles. The van der Waals surface area contributed by atoms with E-state index >= 15 is 0 Å². The summed E-state index contributed by atoms with van der Waals surface area (Å²) in [7, 11) is 0. The van der Waals surface area contributed by atoms with E-state index in [2.05, 4.69) is 54.8 Å². The van der Waals surface area contributed by atoms with Crippen LogP contribution < -0.4 is 5.32 Å². The Kier molecular flexibility index (Phi) is 37.6. The molecule has 0 aromatic heterocycles. The average molecular weight is 874 g/mol. The van der Waals surface area contributed by atoms with Crippen LogP contribution in [0.3, 0.4) is 0 Å². The van der Waals surface area contributed by atoms with Gasteiger partial charge in [0, 0.05) is 12.8 Å². The number of carbonyl (C=O) groups excluding carboxylic acids is 2. The lowest BCUT2D eigenvalue weighted by Gasteiger charge is -2.40. The maximum absolute atomic E-state index is 12.9. The van der Waals surface area contributed by atoms with E-state index in [1.54, 1.807) is 6.08 Å². The molecule has 0 aromatic carbocycles. The van der Waals surface area contributed by atoms with Crippen molar-refractivity contribution in [1.29, 1.82) is 0 Å². The highest BCUT2D eigenvalue weighted by molar-refractivity contribution is 5.76. The molecule has 0 bridgehead atoms. The van der Waals surface area contributed by atoms with Gasteiger partial charge in [0.05, 0.1) is 32.0 Å². The molecule has 0 spiro atoms. The molecule has 1 heterocycles. The predicted molar refractivity (Wildman–Crippen MR) is 250 cm³/mol. The van der Waals surface area contributed by atoms with Gasteiger partial charge in [0.2, 0.25) is 5.91 Å². The van der Waals surface area contributed by atoms with Crippen molar-refractivity contribution in [2.45, 2.75) is 217 Å². The lowest BCUT2D eigenvalue weighted by Crippen LogP contribution is -2.60. The summed E-state index contributed by atoms with van der Waals surface area (Å²) in [6.07, 6.45) is 41.7. The Morgan fingerprint density at radius 2 is 1.18 bits per heavy atom. The Bertz CT molecular complexity index is 1260. The number of rotatable bonds is 39. The number of aliphatic hydroxyl groups excluding tert-OH is 5. The summed E-state index contributed by atoms with van der Waals surface area (Å²) in [5.41, 5.74) is 0. The quantitative estimate of drug-likeness (QED) is 0.0198. The van der Waals surface area contributed by atoms with E-state index in [1.807, 2.05) is 31.2 Å². The Morgan fingerprint density at radius 3 is 1.82 bits per heavy atom. The van der Waals surface area contributed by atoms with Crippen LogP contribution in [0.1, 0.15) is 174 Å². The van der Waals surface area contributed by atoms with E-state index in [4.69, 9.17) is 14.2 Å². The number of hydrogen-bond acceptors (Lipinski definition) is 10.